The van der Waals surface area contributed by atoms with Crippen LogP contribution in [0.2, 0.25) is 0 Å². The van der Waals surface area contributed by atoms with Gasteiger partial charge in [-0.2, -0.15) is 0 Å². The largest absolute Gasteiger partial charge is 0.457 e. The molecule has 1 atom stereocenters. The number of hydrogen-bond donors (Lipinski definition) is 1. The molecular weight excluding hydrogens is 580 g/mol. The van der Waals surface area contributed by atoms with Gasteiger partial charge in [0.05, 0.1) is 13.2 Å². The van der Waals surface area contributed by atoms with Gasteiger partial charge in [-0.25, -0.2) is 0 Å². The van der Waals surface area contributed by atoms with E-state index in [1.165, 1.54) is 148 Å². The van der Waals surface area contributed by atoms with Gasteiger partial charge in [0.1, 0.15) is 6.10 Å². The van der Waals surface area contributed by atoms with Crippen molar-refractivity contribution < 1.29 is 19.4 Å². The zero-order valence-corrected chi connectivity index (χ0v) is 31.5. The molecule has 0 rings (SSSR count). The van der Waals surface area contributed by atoms with Crippen molar-refractivity contribution >= 4 is 5.97 Å². The monoisotopic (exact) mass is 661 g/mol. The summed E-state index contributed by atoms with van der Waals surface area (Å²) in [5.41, 5.74) is 0. The highest BCUT2D eigenvalue weighted by atomic mass is 16.6. The lowest BCUT2D eigenvalue weighted by Crippen LogP contribution is -2.27. The van der Waals surface area contributed by atoms with Crippen molar-refractivity contribution in [1.82, 2.24) is 0 Å². The fourth-order valence-electron chi connectivity index (χ4n) is 5.83. The van der Waals surface area contributed by atoms with Crippen LogP contribution in [0.5, 0.6) is 0 Å². The first kappa shape index (κ1) is 45.6. The summed E-state index contributed by atoms with van der Waals surface area (Å²) in [6, 6.07) is 0. The van der Waals surface area contributed by atoms with Crippen molar-refractivity contribution in [2.75, 3.05) is 19.8 Å². The smallest absolute Gasteiger partial charge is 0.306 e. The number of carbonyl (C=O) groups excluding carboxylic acids is 1. The molecule has 4 heteroatoms. The topological polar surface area (TPSA) is 55.8 Å². The van der Waals surface area contributed by atoms with Crippen molar-refractivity contribution in [1.29, 1.82) is 0 Å². The van der Waals surface area contributed by atoms with Gasteiger partial charge in [-0.15, -0.1) is 0 Å². The van der Waals surface area contributed by atoms with Crippen LogP contribution in [0.25, 0.3) is 0 Å². The zero-order chi connectivity index (χ0) is 34.1. The number of esters is 1. The molecule has 0 saturated carbocycles. The summed E-state index contributed by atoms with van der Waals surface area (Å²) in [7, 11) is 0. The maximum absolute atomic E-state index is 12.1. The van der Waals surface area contributed by atoms with Gasteiger partial charge in [0.25, 0.3) is 0 Å². The molecule has 0 aliphatic rings. The van der Waals surface area contributed by atoms with Gasteiger partial charge in [-0.05, 0) is 64.2 Å². The van der Waals surface area contributed by atoms with Crippen LogP contribution in [0.4, 0.5) is 0 Å². The summed E-state index contributed by atoms with van der Waals surface area (Å²) in [6.45, 7) is 5.28. The molecule has 0 spiro atoms. The van der Waals surface area contributed by atoms with Crippen molar-refractivity contribution in [2.24, 2.45) is 0 Å². The van der Waals surface area contributed by atoms with E-state index in [4.69, 9.17) is 9.47 Å². The lowest BCUT2D eigenvalue weighted by Gasteiger charge is -2.15. The average Bonchev–Trinajstić information content (AvgIpc) is 3.08. The van der Waals surface area contributed by atoms with Crippen molar-refractivity contribution in [3.63, 3.8) is 0 Å². The number of allylic oxidation sites excluding steroid dienone is 6. The highest BCUT2D eigenvalue weighted by molar-refractivity contribution is 5.69. The first-order valence-corrected chi connectivity index (χ1v) is 20.6. The first-order valence-electron chi connectivity index (χ1n) is 20.6. The molecular formula is C43H80O4. The molecule has 0 saturated heterocycles. The maximum Gasteiger partial charge on any atom is 0.306 e. The third-order valence-electron chi connectivity index (χ3n) is 8.92. The van der Waals surface area contributed by atoms with Gasteiger partial charge in [0, 0.05) is 13.0 Å². The number of rotatable bonds is 38. The summed E-state index contributed by atoms with van der Waals surface area (Å²) in [6.07, 6.45) is 50.6. The molecule has 1 unspecified atom stereocenters. The second kappa shape index (κ2) is 40.8. The van der Waals surface area contributed by atoms with Gasteiger partial charge >= 0.3 is 5.97 Å². The Hall–Kier alpha value is -1.39. The summed E-state index contributed by atoms with van der Waals surface area (Å²) in [5, 5.41) is 9.57. The van der Waals surface area contributed by atoms with E-state index in [2.05, 4.69) is 50.3 Å². The quantitative estimate of drug-likeness (QED) is 0.0407. The minimum atomic E-state index is -0.540. The summed E-state index contributed by atoms with van der Waals surface area (Å²) < 4.78 is 11.1. The first-order chi connectivity index (χ1) is 23.2. The van der Waals surface area contributed by atoms with Crippen LogP contribution in [0.1, 0.15) is 206 Å². The lowest BCUT2D eigenvalue weighted by molar-refractivity contribution is -0.154. The van der Waals surface area contributed by atoms with E-state index in [1.807, 2.05) is 0 Å². The van der Waals surface area contributed by atoms with E-state index in [0.717, 1.165) is 38.5 Å². The van der Waals surface area contributed by atoms with E-state index in [-0.39, 0.29) is 12.6 Å². The fraction of sp³-hybridized carbons (Fsp3) is 0.837. The molecule has 276 valence electrons. The molecule has 0 amide bonds. The van der Waals surface area contributed by atoms with Crippen LogP contribution in [-0.2, 0) is 14.3 Å². The Morgan fingerprint density at radius 3 is 1.43 bits per heavy atom. The van der Waals surface area contributed by atoms with E-state index in [1.54, 1.807) is 0 Å². The molecule has 0 aromatic heterocycles. The molecule has 0 radical (unpaired) electrons. The molecule has 0 heterocycles. The molecule has 1 N–H and O–H groups in total. The van der Waals surface area contributed by atoms with Gasteiger partial charge in [0.15, 0.2) is 0 Å². The summed E-state index contributed by atoms with van der Waals surface area (Å²) >= 11 is 0. The fourth-order valence-corrected chi connectivity index (χ4v) is 5.83. The minimum Gasteiger partial charge on any atom is -0.457 e. The Bertz CT molecular complexity index is 698. The second-order valence-electron chi connectivity index (χ2n) is 13.7. The van der Waals surface area contributed by atoms with Gasteiger partial charge in [-0.3, -0.25) is 4.79 Å². The lowest BCUT2D eigenvalue weighted by atomic mass is 10.1. The summed E-state index contributed by atoms with van der Waals surface area (Å²) in [5.74, 6) is -0.215. The molecule has 0 aliphatic carbocycles. The van der Waals surface area contributed by atoms with Crippen LogP contribution in [0.15, 0.2) is 36.5 Å². The van der Waals surface area contributed by atoms with Crippen molar-refractivity contribution in [3.05, 3.63) is 36.5 Å². The SMILES string of the molecule is CCC/C=C\C/C=C\CCCCCCCC(=O)OC(CO)COCCCCCCCCCCCC/C=C\CCCCCCCCCC. The minimum absolute atomic E-state index is 0.177. The van der Waals surface area contributed by atoms with Crippen LogP contribution < -0.4 is 0 Å². The van der Waals surface area contributed by atoms with E-state index in [9.17, 15) is 9.90 Å². The van der Waals surface area contributed by atoms with Crippen LogP contribution in [0, 0.1) is 0 Å². The third-order valence-corrected chi connectivity index (χ3v) is 8.92. The van der Waals surface area contributed by atoms with Crippen LogP contribution >= 0.6 is 0 Å². The van der Waals surface area contributed by atoms with Gasteiger partial charge in [-0.1, -0.05) is 172 Å². The Morgan fingerprint density at radius 2 is 0.936 bits per heavy atom. The number of ether oxygens (including phenoxy) is 2. The molecule has 47 heavy (non-hydrogen) atoms. The number of aliphatic hydroxyl groups excluding tert-OH is 1. The highest BCUT2D eigenvalue weighted by Gasteiger charge is 2.13. The Kier molecular flexibility index (Phi) is 39.6. The van der Waals surface area contributed by atoms with E-state index in [0.29, 0.717) is 19.6 Å². The highest BCUT2D eigenvalue weighted by Crippen LogP contribution is 2.14. The third kappa shape index (κ3) is 38.9. The number of aliphatic hydroxyl groups is 1. The van der Waals surface area contributed by atoms with Crippen LogP contribution in [-0.4, -0.2) is 37.0 Å². The Labute approximate surface area is 293 Å². The Balaban J connectivity index is 3.41. The molecule has 0 fully saturated rings. The predicted octanol–water partition coefficient (Wildman–Crippen LogP) is 13.3. The van der Waals surface area contributed by atoms with Gasteiger partial charge in [0.2, 0.25) is 0 Å². The maximum atomic E-state index is 12.1. The van der Waals surface area contributed by atoms with E-state index < -0.39 is 6.10 Å². The van der Waals surface area contributed by atoms with Gasteiger partial charge < -0.3 is 14.6 Å². The normalized spacial score (nSPS) is 12.7. The predicted molar refractivity (Wildman–Crippen MR) is 205 cm³/mol. The van der Waals surface area contributed by atoms with E-state index >= 15 is 0 Å². The number of hydrogen-bond acceptors (Lipinski definition) is 4. The van der Waals surface area contributed by atoms with Crippen molar-refractivity contribution in [3.8, 4) is 0 Å². The zero-order valence-electron chi connectivity index (χ0n) is 31.5. The number of carbonyl (C=O) groups is 1. The standard InChI is InChI=1S/C43H80O4/c1-3-5-7-9-11-13-15-17-18-19-20-21-22-23-24-25-27-29-31-33-35-37-39-46-41-42(40-44)47-43(45)38-36-34-32-30-28-26-16-14-12-10-8-6-4-2/h8,10,14,16,19-20,42,44H,3-7,9,11-13,15,17-18,21-41H2,1-2H3/b10-8-,16-14-,20-19-. The second-order valence-corrected chi connectivity index (χ2v) is 13.7. The van der Waals surface area contributed by atoms with Crippen molar-refractivity contribution in [2.45, 2.75) is 213 Å². The van der Waals surface area contributed by atoms with Crippen LogP contribution in [0.3, 0.4) is 0 Å². The molecule has 0 bridgehead atoms. The molecule has 0 aliphatic heterocycles. The molecule has 4 nitrogen and oxygen atoms in total. The molecule has 0 aromatic rings. The Morgan fingerprint density at radius 1 is 0.511 bits per heavy atom. The molecule has 0 aromatic carbocycles. The average molecular weight is 661 g/mol. The summed E-state index contributed by atoms with van der Waals surface area (Å²) in [4.78, 5) is 12.1. The number of unbranched alkanes of at least 4 members (excludes halogenated alkanes) is 24.